The molecular formula is C41H65N9. The van der Waals surface area contributed by atoms with Gasteiger partial charge in [-0.3, -0.25) is 0 Å². The molecule has 0 aliphatic carbocycles. The van der Waals surface area contributed by atoms with E-state index in [2.05, 4.69) is 81.0 Å². The standard InChI is InChI=1S/C17H27N3.2C12H19N3/c1-13(2)6-5-7-14(3)10-11-20(4)17-9-8-15(18)12-16(17)19;1-9(2)6-7-15(3)12-5-4-10(13)8-11(12)14;1-4-15(8-9(2)3)12-6-5-10(13)7-11(12)14/h6,8-10,12H,5,7,11,18-19H2,1-4H3;4-6,8H,7,13-14H2,1-3H3;5-7H,2,4,8,13-14H2,1,3H3/b14-10+;;. The van der Waals surface area contributed by atoms with Gasteiger partial charge in [0, 0.05) is 57.3 Å². The lowest BCUT2D eigenvalue weighted by Gasteiger charge is -2.24. The molecule has 0 heterocycles. The zero-order valence-corrected chi connectivity index (χ0v) is 32.2. The third-order valence-corrected chi connectivity index (χ3v) is 7.74. The second kappa shape index (κ2) is 21.7. The van der Waals surface area contributed by atoms with Crippen LogP contribution in [0.4, 0.5) is 51.2 Å². The molecule has 3 rings (SSSR count). The molecule has 0 saturated carbocycles. The maximum Gasteiger partial charge on any atom is 0.0604 e. The summed E-state index contributed by atoms with van der Waals surface area (Å²) < 4.78 is 0. The van der Waals surface area contributed by atoms with Crippen molar-refractivity contribution >= 4 is 51.2 Å². The topological polar surface area (TPSA) is 166 Å². The molecule has 3 aromatic rings. The van der Waals surface area contributed by atoms with Gasteiger partial charge in [0.2, 0.25) is 0 Å². The minimum absolute atomic E-state index is 0.697. The largest absolute Gasteiger partial charge is 0.399 e. The number of hydrogen-bond donors (Lipinski definition) is 6. The minimum Gasteiger partial charge on any atom is -0.399 e. The number of nitrogens with two attached hydrogens (primary N) is 6. The number of hydrogen-bond acceptors (Lipinski definition) is 9. The quantitative estimate of drug-likeness (QED) is 0.0765. The van der Waals surface area contributed by atoms with E-state index in [9.17, 15) is 0 Å². The lowest BCUT2D eigenvalue weighted by Crippen LogP contribution is -2.25. The number of benzene rings is 3. The molecule has 9 nitrogen and oxygen atoms in total. The van der Waals surface area contributed by atoms with Gasteiger partial charge in [-0.1, -0.05) is 47.1 Å². The summed E-state index contributed by atoms with van der Waals surface area (Å²) in [5.41, 5.74) is 47.3. The Labute approximate surface area is 303 Å². The predicted molar refractivity (Wildman–Crippen MR) is 227 cm³/mol. The zero-order valence-electron chi connectivity index (χ0n) is 32.2. The molecule has 0 spiro atoms. The van der Waals surface area contributed by atoms with Gasteiger partial charge in [0.1, 0.15) is 0 Å². The van der Waals surface area contributed by atoms with Gasteiger partial charge in [-0.05, 0) is 116 Å². The highest BCUT2D eigenvalue weighted by Crippen LogP contribution is 2.27. The Balaban J connectivity index is 0.000000381. The Morgan fingerprint density at radius 2 is 1.00 bits per heavy atom. The first-order valence-corrected chi connectivity index (χ1v) is 17.1. The monoisotopic (exact) mass is 684 g/mol. The summed E-state index contributed by atoms with van der Waals surface area (Å²) >= 11 is 0. The molecule has 274 valence electrons. The average molecular weight is 684 g/mol. The molecule has 0 saturated heterocycles. The Kier molecular flexibility index (Phi) is 18.6. The van der Waals surface area contributed by atoms with Crippen LogP contribution in [0, 0.1) is 0 Å². The third-order valence-electron chi connectivity index (χ3n) is 7.74. The first kappa shape index (κ1) is 42.8. The van der Waals surface area contributed by atoms with E-state index in [1.807, 2.05) is 57.4 Å². The van der Waals surface area contributed by atoms with E-state index in [1.165, 1.54) is 16.7 Å². The Hall–Kier alpha value is -5.18. The summed E-state index contributed by atoms with van der Waals surface area (Å²) in [6.45, 7) is 22.1. The van der Waals surface area contributed by atoms with Gasteiger partial charge < -0.3 is 49.1 Å². The van der Waals surface area contributed by atoms with Crippen molar-refractivity contribution in [2.24, 2.45) is 0 Å². The average Bonchev–Trinajstić information content (AvgIpc) is 3.02. The molecule has 0 bridgehead atoms. The van der Waals surface area contributed by atoms with Crippen molar-refractivity contribution in [1.82, 2.24) is 0 Å². The van der Waals surface area contributed by atoms with E-state index < -0.39 is 0 Å². The van der Waals surface area contributed by atoms with Crippen molar-refractivity contribution in [2.45, 2.75) is 61.3 Å². The van der Waals surface area contributed by atoms with Gasteiger partial charge >= 0.3 is 0 Å². The predicted octanol–water partition coefficient (Wildman–Crippen LogP) is 8.49. The second-order valence-corrected chi connectivity index (χ2v) is 13.3. The molecule has 9 heteroatoms. The summed E-state index contributed by atoms with van der Waals surface area (Å²) in [4.78, 5) is 6.41. The molecule has 0 unspecified atom stereocenters. The van der Waals surface area contributed by atoms with Crippen LogP contribution in [-0.2, 0) is 0 Å². The maximum absolute atomic E-state index is 5.99. The summed E-state index contributed by atoms with van der Waals surface area (Å²) in [5, 5.41) is 0. The molecule has 0 fully saturated rings. The summed E-state index contributed by atoms with van der Waals surface area (Å²) in [5.74, 6) is 0. The minimum atomic E-state index is 0.697. The summed E-state index contributed by atoms with van der Waals surface area (Å²) in [6.07, 6.45) is 8.91. The lowest BCUT2D eigenvalue weighted by atomic mass is 10.1. The van der Waals surface area contributed by atoms with Crippen molar-refractivity contribution < 1.29 is 0 Å². The highest BCUT2D eigenvalue weighted by Gasteiger charge is 2.08. The van der Waals surface area contributed by atoms with E-state index in [0.29, 0.717) is 17.1 Å². The Morgan fingerprint density at radius 1 is 0.600 bits per heavy atom. The van der Waals surface area contributed by atoms with Crippen LogP contribution in [0.5, 0.6) is 0 Å². The van der Waals surface area contributed by atoms with E-state index in [0.717, 1.165) is 78.7 Å². The highest BCUT2D eigenvalue weighted by molar-refractivity contribution is 5.73. The smallest absolute Gasteiger partial charge is 0.0604 e. The molecule has 12 N–H and O–H groups in total. The number of nitrogen functional groups attached to an aromatic ring is 6. The lowest BCUT2D eigenvalue weighted by molar-refractivity contribution is 0.882. The second-order valence-electron chi connectivity index (χ2n) is 13.3. The summed E-state index contributed by atoms with van der Waals surface area (Å²) in [7, 11) is 4.06. The Bertz CT molecular complexity index is 1600. The molecule has 0 aliphatic heterocycles. The maximum atomic E-state index is 5.99. The normalized spacial score (nSPS) is 10.5. The summed E-state index contributed by atoms with van der Waals surface area (Å²) in [6, 6.07) is 16.9. The van der Waals surface area contributed by atoms with Crippen molar-refractivity contribution in [2.75, 3.05) is 89.4 Å². The van der Waals surface area contributed by atoms with Gasteiger partial charge in [-0.25, -0.2) is 0 Å². The van der Waals surface area contributed by atoms with Crippen LogP contribution in [0.1, 0.15) is 61.3 Å². The van der Waals surface area contributed by atoms with E-state index in [4.69, 9.17) is 34.4 Å². The molecule has 3 aromatic carbocycles. The number of anilines is 9. The molecule has 0 amide bonds. The zero-order chi connectivity index (χ0) is 38.0. The molecular weight excluding hydrogens is 619 g/mol. The van der Waals surface area contributed by atoms with Crippen LogP contribution in [0.15, 0.2) is 102 Å². The van der Waals surface area contributed by atoms with Gasteiger partial charge in [-0.2, -0.15) is 0 Å². The van der Waals surface area contributed by atoms with Crippen LogP contribution in [0.25, 0.3) is 0 Å². The van der Waals surface area contributed by atoms with Crippen LogP contribution >= 0.6 is 0 Å². The fraction of sp³-hybridized carbons (Fsp3) is 0.366. The number of nitrogens with zero attached hydrogens (tertiary/aromatic N) is 3. The SMILES string of the molecule is C=C(C)CN(CC)c1ccc(N)cc1N.CC(C)=CCC/C(C)=C/CN(C)c1ccc(N)cc1N.CC(C)=CCN(C)c1ccc(N)cc1N. The fourth-order valence-electron chi connectivity index (χ4n) is 4.89. The molecule has 0 atom stereocenters. The van der Waals surface area contributed by atoms with Crippen LogP contribution in [0.3, 0.4) is 0 Å². The first-order valence-electron chi connectivity index (χ1n) is 17.1. The first-order chi connectivity index (χ1) is 23.4. The molecule has 0 aromatic heterocycles. The van der Waals surface area contributed by atoms with Crippen molar-refractivity contribution in [1.29, 1.82) is 0 Å². The third kappa shape index (κ3) is 16.3. The number of likely N-dealkylation sites (N-methyl/N-ethyl adjacent to an activating group) is 3. The van der Waals surface area contributed by atoms with Gasteiger partial charge in [-0.15, -0.1) is 0 Å². The van der Waals surface area contributed by atoms with Crippen molar-refractivity contribution in [3.05, 3.63) is 102 Å². The number of allylic oxidation sites excluding steroid dienone is 4. The van der Waals surface area contributed by atoms with Crippen LogP contribution in [-0.4, -0.2) is 40.3 Å². The van der Waals surface area contributed by atoms with Crippen LogP contribution < -0.4 is 49.1 Å². The van der Waals surface area contributed by atoms with E-state index in [1.54, 1.807) is 18.2 Å². The van der Waals surface area contributed by atoms with E-state index in [-0.39, 0.29) is 0 Å². The van der Waals surface area contributed by atoms with Gasteiger partial charge in [0.25, 0.3) is 0 Å². The molecule has 0 radical (unpaired) electrons. The number of rotatable bonds is 13. The molecule has 0 aliphatic rings. The molecule has 50 heavy (non-hydrogen) atoms. The highest BCUT2D eigenvalue weighted by atomic mass is 15.1. The van der Waals surface area contributed by atoms with Gasteiger partial charge in [0.15, 0.2) is 0 Å². The Morgan fingerprint density at radius 3 is 1.36 bits per heavy atom. The van der Waals surface area contributed by atoms with Crippen molar-refractivity contribution in [3.8, 4) is 0 Å². The van der Waals surface area contributed by atoms with Crippen molar-refractivity contribution in [3.63, 3.8) is 0 Å². The van der Waals surface area contributed by atoms with Crippen LogP contribution in [0.2, 0.25) is 0 Å². The fourth-order valence-corrected chi connectivity index (χ4v) is 4.89. The van der Waals surface area contributed by atoms with E-state index >= 15 is 0 Å². The van der Waals surface area contributed by atoms with Gasteiger partial charge in [0.05, 0.1) is 34.1 Å².